The van der Waals surface area contributed by atoms with Gasteiger partial charge in [-0.25, -0.2) is 4.98 Å². The fourth-order valence-electron chi connectivity index (χ4n) is 2.26. The molecule has 1 aromatic rings. The molecule has 2 rings (SSSR count). The van der Waals surface area contributed by atoms with Gasteiger partial charge in [0.1, 0.15) is 5.69 Å². The summed E-state index contributed by atoms with van der Waals surface area (Å²) in [5.74, 6) is -0.109. The van der Waals surface area contributed by atoms with Gasteiger partial charge in [-0.3, -0.25) is 4.79 Å². The van der Waals surface area contributed by atoms with Crippen molar-refractivity contribution in [3.63, 3.8) is 0 Å². The SMILES string of the molecule is CN(C)CCNC(=O)c1ccc(N2CCN(C)CC2)cn1. The van der Waals surface area contributed by atoms with Crippen LogP contribution in [0.15, 0.2) is 18.3 Å². The van der Waals surface area contributed by atoms with Crippen LogP contribution in [0.1, 0.15) is 10.5 Å². The zero-order valence-corrected chi connectivity index (χ0v) is 13.2. The number of nitrogens with zero attached hydrogens (tertiary/aromatic N) is 4. The van der Waals surface area contributed by atoms with E-state index in [1.165, 1.54) is 0 Å². The Morgan fingerprint density at radius 2 is 2.00 bits per heavy atom. The molecule has 0 atom stereocenters. The summed E-state index contributed by atoms with van der Waals surface area (Å²) in [6, 6.07) is 3.79. The Balaban J connectivity index is 1.88. The number of likely N-dealkylation sites (N-methyl/N-ethyl adjacent to an activating group) is 2. The number of nitrogens with one attached hydrogen (secondary N) is 1. The molecule has 0 unspecified atom stereocenters. The van der Waals surface area contributed by atoms with Gasteiger partial charge in [-0.1, -0.05) is 0 Å². The van der Waals surface area contributed by atoms with Crippen LogP contribution in [-0.4, -0.2) is 81.1 Å². The van der Waals surface area contributed by atoms with E-state index in [0.717, 1.165) is 38.4 Å². The van der Waals surface area contributed by atoms with Crippen LogP contribution in [-0.2, 0) is 0 Å². The van der Waals surface area contributed by atoms with E-state index in [9.17, 15) is 4.79 Å². The molecule has 1 N–H and O–H groups in total. The number of piperazine rings is 1. The van der Waals surface area contributed by atoms with E-state index in [0.29, 0.717) is 12.2 Å². The van der Waals surface area contributed by atoms with Crippen LogP contribution < -0.4 is 10.2 Å². The first-order chi connectivity index (χ1) is 10.1. The number of anilines is 1. The van der Waals surface area contributed by atoms with Crippen molar-refractivity contribution in [3.05, 3.63) is 24.0 Å². The van der Waals surface area contributed by atoms with Crippen LogP contribution in [0.4, 0.5) is 5.69 Å². The summed E-state index contributed by atoms with van der Waals surface area (Å²) in [6.07, 6.45) is 1.80. The zero-order valence-electron chi connectivity index (χ0n) is 13.2. The lowest BCUT2D eigenvalue weighted by Crippen LogP contribution is -2.44. The molecule has 0 spiro atoms. The molecule has 1 amide bonds. The van der Waals surface area contributed by atoms with Crippen LogP contribution >= 0.6 is 0 Å². The molecule has 2 heterocycles. The average molecular weight is 291 g/mol. The third-order valence-electron chi connectivity index (χ3n) is 3.69. The smallest absolute Gasteiger partial charge is 0.269 e. The molecular formula is C15H25N5O. The first kappa shape index (κ1) is 15.7. The Morgan fingerprint density at radius 3 is 2.57 bits per heavy atom. The largest absolute Gasteiger partial charge is 0.368 e. The molecule has 1 fully saturated rings. The van der Waals surface area contributed by atoms with Gasteiger partial charge in [0.15, 0.2) is 0 Å². The molecule has 1 aliphatic heterocycles. The fourth-order valence-corrected chi connectivity index (χ4v) is 2.26. The highest BCUT2D eigenvalue weighted by Crippen LogP contribution is 2.15. The molecule has 0 aromatic carbocycles. The second-order valence-corrected chi connectivity index (χ2v) is 5.75. The molecule has 0 radical (unpaired) electrons. The number of hydrogen-bond acceptors (Lipinski definition) is 5. The number of hydrogen-bond donors (Lipinski definition) is 1. The minimum absolute atomic E-state index is 0.109. The van der Waals surface area contributed by atoms with Gasteiger partial charge < -0.3 is 20.0 Å². The van der Waals surface area contributed by atoms with Gasteiger partial charge >= 0.3 is 0 Å². The second-order valence-electron chi connectivity index (χ2n) is 5.75. The van der Waals surface area contributed by atoms with Crippen LogP contribution in [0.5, 0.6) is 0 Å². The summed E-state index contributed by atoms with van der Waals surface area (Å²) in [6.45, 7) is 5.59. The zero-order chi connectivity index (χ0) is 15.2. The van der Waals surface area contributed by atoms with Crippen LogP contribution in [0.2, 0.25) is 0 Å². The lowest BCUT2D eigenvalue weighted by Gasteiger charge is -2.33. The van der Waals surface area contributed by atoms with Crippen molar-refractivity contribution in [2.75, 3.05) is 65.3 Å². The molecule has 6 heteroatoms. The van der Waals surface area contributed by atoms with Gasteiger partial charge in [0, 0.05) is 39.3 Å². The maximum absolute atomic E-state index is 11.9. The van der Waals surface area contributed by atoms with Gasteiger partial charge in [0.2, 0.25) is 0 Å². The summed E-state index contributed by atoms with van der Waals surface area (Å²) >= 11 is 0. The molecule has 1 aliphatic rings. The van der Waals surface area contributed by atoms with Crippen molar-refractivity contribution in [1.82, 2.24) is 20.1 Å². The van der Waals surface area contributed by atoms with E-state index in [1.54, 1.807) is 12.3 Å². The molecule has 0 bridgehead atoms. The molecule has 1 saturated heterocycles. The Kier molecular flexibility index (Phi) is 5.52. The highest BCUT2D eigenvalue weighted by molar-refractivity contribution is 5.92. The number of carbonyl (C=O) groups is 1. The average Bonchev–Trinajstić information content (AvgIpc) is 2.48. The summed E-state index contributed by atoms with van der Waals surface area (Å²) in [7, 11) is 6.10. The van der Waals surface area contributed by atoms with Crippen molar-refractivity contribution < 1.29 is 4.79 Å². The molecule has 6 nitrogen and oxygen atoms in total. The predicted molar refractivity (Wildman–Crippen MR) is 84.8 cm³/mol. The highest BCUT2D eigenvalue weighted by atomic mass is 16.1. The van der Waals surface area contributed by atoms with Crippen molar-refractivity contribution in [2.45, 2.75) is 0 Å². The summed E-state index contributed by atoms with van der Waals surface area (Å²) in [4.78, 5) is 22.9. The maximum Gasteiger partial charge on any atom is 0.269 e. The predicted octanol–water partition coefficient (Wildman–Crippen LogP) is 0.125. The normalized spacial score (nSPS) is 16.3. The fraction of sp³-hybridized carbons (Fsp3) is 0.600. The summed E-state index contributed by atoms with van der Waals surface area (Å²) in [5.41, 5.74) is 1.57. The third-order valence-corrected chi connectivity index (χ3v) is 3.69. The van der Waals surface area contributed by atoms with E-state index >= 15 is 0 Å². The van der Waals surface area contributed by atoms with E-state index in [-0.39, 0.29) is 5.91 Å². The van der Waals surface area contributed by atoms with Gasteiger partial charge in [-0.05, 0) is 33.3 Å². The number of aromatic nitrogens is 1. The molecular weight excluding hydrogens is 266 g/mol. The molecule has 0 aliphatic carbocycles. The quantitative estimate of drug-likeness (QED) is 0.835. The van der Waals surface area contributed by atoms with E-state index in [1.807, 2.05) is 25.1 Å². The number of carbonyl (C=O) groups excluding carboxylic acids is 1. The first-order valence-electron chi connectivity index (χ1n) is 7.39. The van der Waals surface area contributed by atoms with E-state index in [2.05, 4.69) is 27.1 Å². The van der Waals surface area contributed by atoms with Gasteiger partial charge in [0.05, 0.1) is 11.9 Å². The lowest BCUT2D eigenvalue weighted by molar-refractivity contribution is 0.0946. The van der Waals surface area contributed by atoms with Crippen LogP contribution in [0, 0.1) is 0 Å². The molecule has 116 valence electrons. The number of amides is 1. The highest BCUT2D eigenvalue weighted by Gasteiger charge is 2.15. The molecule has 21 heavy (non-hydrogen) atoms. The van der Waals surface area contributed by atoms with Crippen molar-refractivity contribution >= 4 is 11.6 Å². The monoisotopic (exact) mass is 291 g/mol. The third kappa shape index (κ3) is 4.68. The van der Waals surface area contributed by atoms with E-state index in [4.69, 9.17) is 0 Å². The Morgan fingerprint density at radius 1 is 1.29 bits per heavy atom. The van der Waals surface area contributed by atoms with Gasteiger partial charge in [0.25, 0.3) is 5.91 Å². The van der Waals surface area contributed by atoms with E-state index < -0.39 is 0 Å². The molecule has 0 saturated carbocycles. The van der Waals surface area contributed by atoms with Crippen molar-refractivity contribution in [1.29, 1.82) is 0 Å². The lowest BCUT2D eigenvalue weighted by atomic mass is 10.2. The number of pyridine rings is 1. The Labute approximate surface area is 126 Å². The Hall–Kier alpha value is -1.66. The first-order valence-corrected chi connectivity index (χ1v) is 7.39. The Bertz CT molecular complexity index is 452. The molecule has 1 aromatic heterocycles. The van der Waals surface area contributed by atoms with Crippen molar-refractivity contribution in [2.24, 2.45) is 0 Å². The summed E-state index contributed by atoms with van der Waals surface area (Å²) in [5, 5.41) is 2.87. The minimum atomic E-state index is -0.109. The standard InChI is InChI=1S/C15H25N5O/c1-18(2)7-6-16-15(21)14-5-4-13(12-17-14)20-10-8-19(3)9-11-20/h4-5,12H,6-11H2,1-3H3,(H,16,21). The number of rotatable bonds is 5. The van der Waals surface area contributed by atoms with Crippen molar-refractivity contribution in [3.8, 4) is 0 Å². The summed E-state index contributed by atoms with van der Waals surface area (Å²) < 4.78 is 0. The van der Waals surface area contributed by atoms with Gasteiger partial charge in [-0.15, -0.1) is 0 Å². The second kappa shape index (κ2) is 7.38. The maximum atomic E-state index is 11.9. The minimum Gasteiger partial charge on any atom is -0.368 e. The topological polar surface area (TPSA) is 51.7 Å². The van der Waals surface area contributed by atoms with Crippen LogP contribution in [0.25, 0.3) is 0 Å². The van der Waals surface area contributed by atoms with Gasteiger partial charge in [-0.2, -0.15) is 0 Å². The van der Waals surface area contributed by atoms with Crippen LogP contribution in [0.3, 0.4) is 0 Å².